The molecule has 1 aromatic carbocycles. The van der Waals surface area contributed by atoms with Crippen LogP contribution in [0.3, 0.4) is 0 Å². The van der Waals surface area contributed by atoms with Crippen molar-refractivity contribution in [1.29, 1.82) is 0 Å². The van der Waals surface area contributed by atoms with Gasteiger partial charge in [-0.05, 0) is 49.8 Å². The molecule has 0 fully saturated rings. The molecule has 1 atom stereocenters. The number of hydrogen-bond donors (Lipinski definition) is 1. The van der Waals surface area contributed by atoms with Crippen LogP contribution in [0.5, 0.6) is 5.75 Å². The van der Waals surface area contributed by atoms with E-state index in [0.717, 1.165) is 18.9 Å². The van der Waals surface area contributed by atoms with Gasteiger partial charge in [0.1, 0.15) is 0 Å². The zero-order valence-electron chi connectivity index (χ0n) is 11.6. The smallest absolute Gasteiger partial charge is 0.403 e. The maximum Gasteiger partial charge on any atom is 0.573 e. The Hall–Kier alpha value is -1.30. The Balaban J connectivity index is 2.93. The van der Waals surface area contributed by atoms with Gasteiger partial charge in [0, 0.05) is 6.04 Å². The molecule has 0 aliphatic heterocycles. The molecule has 2 N–H and O–H groups in total. The van der Waals surface area contributed by atoms with Gasteiger partial charge in [-0.3, -0.25) is 0 Å². The molecule has 1 rings (SSSR count). The molecule has 0 bridgehead atoms. The van der Waals surface area contributed by atoms with E-state index < -0.39 is 17.9 Å². The Morgan fingerprint density at radius 1 is 1.30 bits per heavy atom. The minimum atomic E-state index is -4.89. The average molecular weight is 293 g/mol. The summed E-state index contributed by atoms with van der Waals surface area (Å²) in [7, 11) is 0. The van der Waals surface area contributed by atoms with Crippen LogP contribution >= 0.6 is 0 Å². The number of aryl methyl sites for hydroxylation is 2. The molecule has 0 radical (unpaired) electrons. The first-order valence-electron chi connectivity index (χ1n) is 6.55. The van der Waals surface area contributed by atoms with E-state index >= 15 is 0 Å². The van der Waals surface area contributed by atoms with Crippen LogP contribution in [0, 0.1) is 5.82 Å². The SMILES string of the molecule is CCc1cc(CCC[C@H](C)N)cc(OC(F)(F)F)c1F. The number of benzene rings is 1. The standard InChI is InChI=1S/C14H19F4NO/c1-3-11-7-10(6-4-5-9(2)19)8-12(13(11)15)20-14(16,17)18/h7-9H,3-6,19H2,1-2H3/t9-/m0/s1. The summed E-state index contributed by atoms with van der Waals surface area (Å²) in [5.41, 5.74) is 6.47. The molecule has 2 nitrogen and oxygen atoms in total. The van der Waals surface area contributed by atoms with Gasteiger partial charge in [0.05, 0.1) is 0 Å². The van der Waals surface area contributed by atoms with Crippen molar-refractivity contribution >= 4 is 0 Å². The lowest BCUT2D eigenvalue weighted by atomic mass is 10.0. The molecule has 0 aromatic heterocycles. The number of alkyl halides is 3. The van der Waals surface area contributed by atoms with Gasteiger partial charge in [0.25, 0.3) is 0 Å². The largest absolute Gasteiger partial charge is 0.573 e. The Morgan fingerprint density at radius 2 is 1.95 bits per heavy atom. The third-order valence-corrected chi connectivity index (χ3v) is 2.91. The highest BCUT2D eigenvalue weighted by Crippen LogP contribution is 2.29. The summed E-state index contributed by atoms with van der Waals surface area (Å²) >= 11 is 0. The van der Waals surface area contributed by atoms with Crippen molar-refractivity contribution < 1.29 is 22.3 Å². The van der Waals surface area contributed by atoms with Gasteiger partial charge >= 0.3 is 6.36 Å². The molecule has 6 heteroatoms. The van der Waals surface area contributed by atoms with Crippen LogP contribution < -0.4 is 10.5 Å². The fourth-order valence-corrected chi connectivity index (χ4v) is 1.95. The second-order valence-electron chi connectivity index (χ2n) is 4.84. The summed E-state index contributed by atoms with van der Waals surface area (Å²) in [6.45, 7) is 3.54. The van der Waals surface area contributed by atoms with Crippen molar-refractivity contribution in [3.63, 3.8) is 0 Å². The van der Waals surface area contributed by atoms with Gasteiger partial charge in [0.15, 0.2) is 11.6 Å². The highest BCUT2D eigenvalue weighted by molar-refractivity contribution is 5.36. The van der Waals surface area contributed by atoms with Crippen molar-refractivity contribution in [2.75, 3.05) is 0 Å². The summed E-state index contributed by atoms with van der Waals surface area (Å²) in [6, 6.07) is 2.73. The summed E-state index contributed by atoms with van der Waals surface area (Å²) < 4.78 is 54.3. The van der Waals surface area contributed by atoms with E-state index in [0.29, 0.717) is 18.4 Å². The van der Waals surface area contributed by atoms with E-state index in [1.165, 1.54) is 0 Å². The molecular formula is C14H19F4NO. The fraction of sp³-hybridized carbons (Fsp3) is 0.571. The third-order valence-electron chi connectivity index (χ3n) is 2.91. The van der Waals surface area contributed by atoms with E-state index in [-0.39, 0.29) is 11.6 Å². The molecular weight excluding hydrogens is 274 g/mol. The number of rotatable bonds is 6. The van der Waals surface area contributed by atoms with Gasteiger partial charge in [0.2, 0.25) is 0 Å². The van der Waals surface area contributed by atoms with Crippen LogP contribution in [0.15, 0.2) is 12.1 Å². The molecule has 0 spiro atoms. The Morgan fingerprint density at radius 3 is 2.45 bits per heavy atom. The lowest BCUT2D eigenvalue weighted by Crippen LogP contribution is -2.18. The van der Waals surface area contributed by atoms with E-state index in [1.54, 1.807) is 13.0 Å². The molecule has 20 heavy (non-hydrogen) atoms. The van der Waals surface area contributed by atoms with Crippen molar-refractivity contribution in [3.05, 3.63) is 29.1 Å². The van der Waals surface area contributed by atoms with Gasteiger partial charge in [-0.2, -0.15) is 0 Å². The van der Waals surface area contributed by atoms with Crippen molar-refractivity contribution in [2.45, 2.75) is 51.9 Å². The summed E-state index contributed by atoms with van der Waals surface area (Å²) in [5.74, 6) is -1.70. The van der Waals surface area contributed by atoms with Gasteiger partial charge in [-0.1, -0.05) is 13.0 Å². The number of ether oxygens (including phenoxy) is 1. The zero-order valence-corrected chi connectivity index (χ0v) is 11.6. The second kappa shape index (κ2) is 6.92. The molecule has 0 aliphatic rings. The molecule has 0 saturated heterocycles. The van der Waals surface area contributed by atoms with E-state index in [4.69, 9.17) is 5.73 Å². The Labute approximate surface area is 115 Å². The topological polar surface area (TPSA) is 35.2 Å². The first-order valence-corrected chi connectivity index (χ1v) is 6.55. The first-order chi connectivity index (χ1) is 9.23. The van der Waals surface area contributed by atoms with Crippen LogP contribution in [-0.4, -0.2) is 12.4 Å². The quantitative estimate of drug-likeness (QED) is 0.806. The molecule has 0 saturated carbocycles. The lowest BCUT2D eigenvalue weighted by Gasteiger charge is -2.14. The zero-order chi connectivity index (χ0) is 15.3. The summed E-state index contributed by atoms with van der Waals surface area (Å²) in [6.07, 6.45) is -2.55. The third kappa shape index (κ3) is 5.36. The van der Waals surface area contributed by atoms with Crippen molar-refractivity contribution in [1.82, 2.24) is 0 Å². The van der Waals surface area contributed by atoms with Crippen molar-refractivity contribution in [3.8, 4) is 5.75 Å². The van der Waals surface area contributed by atoms with E-state index in [1.807, 2.05) is 6.92 Å². The van der Waals surface area contributed by atoms with Crippen LogP contribution in [0.4, 0.5) is 17.6 Å². The van der Waals surface area contributed by atoms with E-state index in [9.17, 15) is 17.6 Å². The molecule has 1 aromatic rings. The predicted octanol–water partition coefficient (Wildman–Crippen LogP) is 3.96. The molecule has 0 unspecified atom stereocenters. The molecule has 0 amide bonds. The van der Waals surface area contributed by atoms with Crippen LogP contribution in [0.25, 0.3) is 0 Å². The average Bonchev–Trinajstić information content (AvgIpc) is 2.30. The monoisotopic (exact) mass is 293 g/mol. The molecule has 114 valence electrons. The molecule has 0 aliphatic carbocycles. The van der Waals surface area contributed by atoms with Crippen LogP contribution in [0.2, 0.25) is 0 Å². The van der Waals surface area contributed by atoms with Gasteiger partial charge in [-0.25, -0.2) is 4.39 Å². The minimum Gasteiger partial charge on any atom is -0.403 e. The Bertz CT molecular complexity index is 444. The fourth-order valence-electron chi connectivity index (χ4n) is 1.95. The second-order valence-corrected chi connectivity index (χ2v) is 4.84. The highest BCUT2D eigenvalue weighted by atomic mass is 19.4. The van der Waals surface area contributed by atoms with E-state index in [2.05, 4.69) is 4.74 Å². The van der Waals surface area contributed by atoms with Gasteiger partial charge < -0.3 is 10.5 Å². The maximum absolute atomic E-state index is 13.8. The minimum absolute atomic E-state index is 0.0342. The predicted molar refractivity (Wildman–Crippen MR) is 69.0 cm³/mol. The van der Waals surface area contributed by atoms with Gasteiger partial charge in [-0.15, -0.1) is 13.2 Å². The first kappa shape index (κ1) is 16.8. The lowest BCUT2D eigenvalue weighted by molar-refractivity contribution is -0.275. The van der Waals surface area contributed by atoms with Crippen LogP contribution in [-0.2, 0) is 12.8 Å². The molecule has 0 heterocycles. The summed E-state index contributed by atoms with van der Waals surface area (Å²) in [5, 5.41) is 0. The number of hydrogen-bond acceptors (Lipinski definition) is 2. The normalized spacial score (nSPS) is 13.3. The number of halogens is 4. The van der Waals surface area contributed by atoms with Crippen molar-refractivity contribution in [2.24, 2.45) is 5.73 Å². The number of nitrogens with two attached hydrogens (primary N) is 1. The summed E-state index contributed by atoms with van der Waals surface area (Å²) in [4.78, 5) is 0. The maximum atomic E-state index is 13.8. The highest BCUT2D eigenvalue weighted by Gasteiger charge is 2.33. The van der Waals surface area contributed by atoms with Crippen LogP contribution in [0.1, 0.15) is 37.8 Å². The Kier molecular flexibility index (Phi) is 5.80.